The van der Waals surface area contributed by atoms with Gasteiger partial charge in [-0.25, -0.2) is 9.97 Å². The van der Waals surface area contributed by atoms with Gasteiger partial charge in [-0.15, -0.1) is 0 Å². The summed E-state index contributed by atoms with van der Waals surface area (Å²) in [5.41, 5.74) is 4.21. The number of carbonyl (C=O) groups excluding carboxylic acids is 1. The van der Waals surface area contributed by atoms with Crippen LogP contribution in [-0.4, -0.2) is 53.2 Å². The average Bonchev–Trinajstić information content (AvgIpc) is 2.67. The van der Waals surface area contributed by atoms with Crippen molar-refractivity contribution in [2.75, 3.05) is 37.3 Å². The Morgan fingerprint density at radius 2 is 1.67 bits per heavy atom. The Labute approximate surface area is 170 Å². The molecule has 0 bridgehead atoms. The lowest BCUT2D eigenvalue weighted by molar-refractivity contribution is -0.131. The molecule has 0 N–H and O–H groups in total. The van der Waals surface area contributed by atoms with Crippen molar-refractivity contribution in [2.45, 2.75) is 31.8 Å². The molecular weight excluding hydrogens is 380 g/mol. The molecule has 5 nitrogen and oxygen atoms in total. The van der Waals surface area contributed by atoms with Crippen LogP contribution in [-0.2, 0) is 11.2 Å². The number of nitrogens with zero attached hydrogens (tertiary/aromatic N) is 4. The number of hydrogen-bond acceptors (Lipinski definition) is 5. The van der Waals surface area contributed by atoms with Gasteiger partial charge in [-0.3, -0.25) is 4.79 Å². The molecule has 1 aromatic heterocycles. The second-order valence-corrected chi connectivity index (χ2v) is 7.91. The highest BCUT2D eigenvalue weighted by molar-refractivity contribution is 7.98. The van der Waals surface area contributed by atoms with Gasteiger partial charge in [-0.05, 0) is 56.4 Å². The van der Waals surface area contributed by atoms with Crippen molar-refractivity contribution >= 4 is 35.0 Å². The predicted molar refractivity (Wildman–Crippen MR) is 112 cm³/mol. The second-order valence-electron chi connectivity index (χ2n) is 6.70. The molecule has 2 heterocycles. The number of benzene rings is 1. The molecule has 0 aliphatic carbocycles. The van der Waals surface area contributed by atoms with Crippen LogP contribution >= 0.6 is 23.4 Å². The van der Waals surface area contributed by atoms with E-state index in [2.05, 4.69) is 14.9 Å². The average molecular weight is 405 g/mol. The van der Waals surface area contributed by atoms with Gasteiger partial charge in [-0.2, -0.15) is 0 Å². The number of thioether (sulfide) groups is 1. The van der Waals surface area contributed by atoms with Gasteiger partial charge < -0.3 is 9.80 Å². The smallest absolute Gasteiger partial charge is 0.223 e. The van der Waals surface area contributed by atoms with E-state index in [1.54, 1.807) is 11.8 Å². The van der Waals surface area contributed by atoms with Gasteiger partial charge in [0.1, 0.15) is 0 Å². The first-order valence-corrected chi connectivity index (χ1v) is 10.7. The fourth-order valence-electron chi connectivity index (χ4n) is 3.42. The van der Waals surface area contributed by atoms with Crippen molar-refractivity contribution in [3.05, 3.63) is 46.2 Å². The molecule has 1 aliphatic heterocycles. The summed E-state index contributed by atoms with van der Waals surface area (Å²) < 4.78 is 0. The maximum atomic E-state index is 12.6. The van der Waals surface area contributed by atoms with Crippen LogP contribution in [0.3, 0.4) is 0 Å². The Kier molecular flexibility index (Phi) is 6.60. The summed E-state index contributed by atoms with van der Waals surface area (Å²) in [6.45, 7) is 7.19. The highest BCUT2D eigenvalue weighted by atomic mass is 35.5. The van der Waals surface area contributed by atoms with E-state index in [1.807, 2.05) is 49.3 Å². The number of aryl methyl sites for hydroxylation is 2. The molecule has 0 spiro atoms. The van der Waals surface area contributed by atoms with Crippen molar-refractivity contribution in [3.8, 4) is 0 Å². The van der Waals surface area contributed by atoms with Gasteiger partial charge in [0.05, 0.1) is 0 Å². The third-order valence-electron chi connectivity index (χ3n) is 5.00. The molecular formula is C20H25ClN4OS. The predicted octanol–water partition coefficient (Wildman–Crippen LogP) is 3.75. The van der Waals surface area contributed by atoms with Crippen molar-refractivity contribution in [1.82, 2.24) is 14.9 Å². The quantitative estimate of drug-likeness (QED) is 0.561. The molecule has 3 rings (SSSR count). The van der Waals surface area contributed by atoms with Crippen LogP contribution in [0, 0.1) is 13.8 Å². The lowest BCUT2D eigenvalue weighted by Gasteiger charge is -2.36. The van der Waals surface area contributed by atoms with E-state index < -0.39 is 0 Å². The molecule has 2 aromatic rings. The van der Waals surface area contributed by atoms with E-state index in [-0.39, 0.29) is 5.91 Å². The van der Waals surface area contributed by atoms with Gasteiger partial charge in [0.15, 0.2) is 5.16 Å². The van der Waals surface area contributed by atoms with Gasteiger partial charge in [0, 0.05) is 54.7 Å². The first-order valence-electron chi connectivity index (χ1n) is 9.14. The molecule has 0 saturated carbocycles. The summed E-state index contributed by atoms with van der Waals surface area (Å²) in [5, 5.41) is 1.53. The van der Waals surface area contributed by atoms with Crippen molar-refractivity contribution < 1.29 is 4.79 Å². The number of hydrogen-bond donors (Lipinski definition) is 0. The molecule has 0 atom stereocenters. The largest absolute Gasteiger partial charge is 0.368 e. The number of amides is 1. The first kappa shape index (κ1) is 20.0. The Morgan fingerprint density at radius 3 is 2.22 bits per heavy atom. The van der Waals surface area contributed by atoms with Crippen LogP contribution in [0.25, 0.3) is 0 Å². The minimum absolute atomic E-state index is 0.207. The zero-order valence-electron chi connectivity index (χ0n) is 16.0. The topological polar surface area (TPSA) is 49.3 Å². The Bertz CT molecular complexity index is 781. The third kappa shape index (κ3) is 4.93. The summed E-state index contributed by atoms with van der Waals surface area (Å²) in [5.74, 6) is 0.207. The van der Waals surface area contributed by atoms with Crippen LogP contribution in [0.2, 0.25) is 5.02 Å². The zero-order chi connectivity index (χ0) is 19.4. The Morgan fingerprint density at radius 1 is 1.07 bits per heavy atom. The minimum Gasteiger partial charge on any atom is -0.368 e. The van der Waals surface area contributed by atoms with Crippen LogP contribution in [0.15, 0.2) is 29.4 Å². The number of carbonyl (C=O) groups is 1. The van der Waals surface area contributed by atoms with Gasteiger partial charge in [0.25, 0.3) is 0 Å². The lowest BCUT2D eigenvalue weighted by Crippen LogP contribution is -2.48. The van der Waals surface area contributed by atoms with Crippen molar-refractivity contribution in [2.24, 2.45) is 0 Å². The summed E-state index contributed by atoms with van der Waals surface area (Å²) in [4.78, 5) is 25.9. The summed E-state index contributed by atoms with van der Waals surface area (Å²) in [6, 6.07) is 7.88. The van der Waals surface area contributed by atoms with E-state index in [1.165, 1.54) is 0 Å². The number of anilines is 1. The van der Waals surface area contributed by atoms with Gasteiger partial charge in [-0.1, -0.05) is 23.4 Å². The normalized spacial score (nSPS) is 14.5. The van der Waals surface area contributed by atoms with Gasteiger partial charge in [0.2, 0.25) is 5.91 Å². The summed E-state index contributed by atoms with van der Waals surface area (Å²) >= 11 is 7.50. The SMILES string of the molecule is CSc1nc(C)c(CCC(=O)N2CCN(c3ccc(Cl)cc3)CC2)c(C)n1. The van der Waals surface area contributed by atoms with E-state index in [0.29, 0.717) is 12.8 Å². The highest BCUT2D eigenvalue weighted by Gasteiger charge is 2.21. The Hall–Kier alpha value is -1.79. The molecule has 1 aromatic carbocycles. The third-order valence-corrected chi connectivity index (χ3v) is 5.80. The molecule has 1 amide bonds. The van der Waals surface area contributed by atoms with Crippen LogP contribution in [0.1, 0.15) is 23.4 Å². The van der Waals surface area contributed by atoms with Crippen LogP contribution < -0.4 is 4.90 Å². The van der Waals surface area contributed by atoms with Crippen LogP contribution in [0.4, 0.5) is 5.69 Å². The van der Waals surface area contributed by atoms with Crippen LogP contribution in [0.5, 0.6) is 0 Å². The molecule has 1 fully saturated rings. The van der Waals surface area contributed by atoms with E-state index in [4.69, 9.17) is 11.6 Å². The monoisotopic (exact) mass is 404 g/mol. The number of aromatic nitrogens is 2. The minimum atomic E-state index is 0.207. The maximum absolute atomic E-state index is 12.6. The molecule has 7 heteroatoms. The fourth-order valence-corrected chi connectivity index (χ4v) is 4.00. The zero-order valence-corrected chi connectivity index (χ0v) is 17.6. The molecule has 27 heavy (non-hydrogen) atoms. The van der Waals surface area contributed by atoms with Gasteiger partial charge >= 0.3 is 0 Å². The van der Waals surface area contributed by atoms with Crippen molar-refractivity contribution in [1.29, 1.82) is 0 Å². The van der Waals surface area contributed by atoms with E-state index in [0.717, 1.165) is 59.0 Å². The first-order chi connectivity index (χ1) is 13.0. The molecule has 0 radical (unpaired) electrons. The molecule has 144 valence electrons. The van der Waals surface area contributed by atoms with Crippen molar-refractivity contribution in [3.63, 3.8) is 0 Å². The second kappa shape index (κ2) is 8.93. The number of rotatable bonds is 5. The molecule has 0 unspecified atom stereocenters. The highest BCUT2D eigenvalue weighted by Crippen LogP contribution is 2.21. The Balaban J connectivity index is 1.53. The summed E-state index contributed by atoms with van der Waals surface area (Å²) in [7, 11) is 0. The molecule has 1 aliphatic rings. The van der Waals surface area contributed by atoms with E-state index >= 15 is 0 Å². The number of halogens is 1. The fraction of sp³-hybridized carbons (Fsp3) is 0.450. The molecule has 1 saturated heterocycles. The summed E-state index contributed by atoms with van der Waals surface area (Å²) in [6.07, 6.45) is 3.17. The maximum Gasteiger partial charge on any atom is 0.223 e. The number of piperazine rings is 1. The van der Waals surface area contributed by atoms with E-state index in [9.17, 15) is 4.79 Å². The lowest BCUT2D eigenvalue weighted by atomic mass is 10.1. The standard InChI is InChI=1S/C20H25ClN4OS/c1-14-18(15(2)23-20(22-14)27-3)8-9-19(26)25-12-10-24(11-13-25)17-6-4-16(21)5-7-17/h4-7H,8-13H2,1-3H3.